The summed E-state index contributed by atoms with van der Waals surface area (Å²) in [6, 6.07) is 6.03. The molecule has 2 bridgehead atoms. The van der Waals surface area contributed by atoms with Crippen molar-refractivity contribution in [3.05, 3.63) is 35.1 Å². The standard InChI is InChI=1S/C14H16O3/c1-15-11-6-5-10-8-12-4-2-3-7-16-14(17-12)13(10)9-11/h5-6,8-9,14H,2-4,7H2,1H3. The summed E-state index contributed by atoms with van der Waals surface area (Å²) in [5, 5.41) is 0. The Kier molecular flexibility index (Phi) is 2.77. The van der Waals surface area contributed by atoms with Gasteiger partial charge in [-0.05, 0) is 36.6 Å². The Bertz CT molecular complexity index is 451. The van der Waals surface area contributed by atoms with Crippen molar-refractivity contribution in [3.8, 4) is 5.75 Å². The minimum atomic E-state index is -0.264. The van der Waals surface area contributed by atoms with Gasteiger partial charge in [-0.25, -0.2) is 0 Å². The van der Waals surface area contributed by atoms with Gasteiger partial charge in [0.25, 0.3) is 0 Å². The normalized spacial score (nSPS) is 22.6. The van der Waals surface area contributed by atoms with Crippen molar-refractivity contribution in [1.29, 1.82) is 0 Å². The quantitative estimate of drug-likeness (QED) is 0.743. The maximum Gasteiger partial charge on any atom is 0.226 e. The Morgan fingerprint density at radius 3 is 3.12 bits per heavy atom. The van der Waals surface area contributed by atoms with E-state index >= 15 is 0 Å². The highest BCUT2D eigenvalue weighted by atomic mass is 16.7. The molecule has 2 aliphatic rings. The molecule has 1 aromatic carbocycles. The Hall–Kier alpha value is -1.48. The maximum absolute atomic E-state index is 5.84. The van der Waals surface area contributed by atoms with E-state index in [-0.39, 0.29) is 6.29 Å². The fourth-order valence-corrected chi connectivity index (χ4v) is 2.27. The summed E-state index contributed by atoms with van der Waals surface area (Å²) in [6.45, 7) is 0.759. The van der Waals surface area contributed by atoms with Gasteiger partial charge in [-0.1, -0.05) is 6.07 Å². The first kappa shape index (κ1) is 10.7. The van der Waals surface area contributed by atoms with Crippen LogP contribution in [0.25, 0.3) is 6.08 Å². The summed E-state index contributed by atoms with van der Waals surface area (Å²) in [4.78, 5) is 0. The third kappa shape index (κ3) is 2.03. The molecule has 3 heteroatoms. The molecule has 1 unspecified atom stereocenters. The molecular weight excluding hydrogens is 216 g/mol. The summed E-state index contributed by atoms with van der Waals surface area (Å²) >= 11 is 0. The van der Waals surface area contributed by atoms with Crippen molar-refractivity contribution in [2.45, 2.75) is 25.6 Å². The van der Waals surface area contributed by atoms with E-state index in [2.05, 4.69) is 12.1 Å². The summed E-state index contributed by atoms with van der Waals surface area (Å²) in [7, 11) is 1.67. The van der Waals surface area contributed by atoms with Crippen LogP contribution in [0, 0.1) is 0 Å². The van der Waals surface area contributed by atoms with Crippen molar-refractivity contribution in [1.82, 2.24) is 0 Å². The van der Waals surface area contributed by atoms with E-state index in [1.807, 2.05) is 12.1 Å². The van der Waals surface area contributed by atoms with Gasteiger partial charge in [0.15, 0.2) is 0 Å². The van der Waals surface area contributed by atoms with Crippen LogP contribution in [-0.2, 0) is 9.47 Å². The number of benzene rings is 1. The molecular formula is C14H16O3. The van der Waals surface area contributed by atoms with Gasteiger partial charge in [-0.2, -0.15) is 0 Å². The van der Waals surface area contributed by atoms with E-state index in [1.54, 1.807) is 7.11 Å². The minimum Gasteiger partial charge on any atom is -0.497 e. The highest BCUT2D eigenvalue weighted by molar-refractivity contribution is 5.59. The first-order chi connectivity index (χ1) is 8.36. The molecule has 3 rings (SSSR count). The van der Waals surface area contributed by atoms with Gasteiger partial charge in [-0.3, -0.25) is 0 Å². The second-order valence-electron chi connectivity index (χ2n) is 4.38. The van der Waals surface area contributed by atoms with Gasteiger partial charge in [0.05, 0.1) is 13.7 Å². The first-order valence-corrected chi connectivity index (χ1v) is 6.03. The van der Waals surface area contributed by atoms with E-state index in [1.165, 1.54) is 5.56 Å². The van der Waals surface area contributed by atoms with Crippen LogP contribution in [0.1, 0.15) is 36.7 Å². The smallest absolute Gasteiger partial charge is 0.226 e. The van der Waals surface area contributed by atoms with Crippen LogP contribution in [-0.4, -0.2) is 13.7 Å². The molecule has 0 aliphatic carbocycles. The predicted octanol–water partition coefficient (Wildman–Crippen LogP) is 3.27. The Labute approximate surface area is 101 Å². The zero-order valence-corrected chi connectivity index (χ0v) is 9.94. The summed E-state index contributed by atoms with van der Waals surface area (Å²) in [5.41, 5.74) is 2.24. The number of ether oxygens (including phenoxy) is 3. The molecule has 1 saturated heterocycles. The largest absolute Gasteiger partial charge is 0.497 e. The van der Waals surface area contributed by atoms with E-state index < -0.39 is 0 Å². The first-order valence-electron chi connectivity index (χ1n) is 6.03. The van der Waals surface area contributed by atoms with Crippen LogP contribution in [0.3, 0.4) is 0 Å². The molecule has 3 nitrogen and oxygen atoms in total. The van der Waals surface area contributed by atoms with Crippen LogP contribution >= 0.6 is 0 Å². The average Bonchev–Trinajstić information content (AvgIpc) is 2.35. The van der Waals surface area contributed by atoms with Gasteiger partial charge in [0.1, 0.15) is 11.5 Å². The molecule has 2 heterocycles. The monoisotopic (exact) mass is 232 g/mol. The van der Waals surface area contributed by atoms with Crippen LogP contribution in [0.15, 0.2) is 24.0 Å². The van der Waals surface area contributed by atoms with Crippen molar-refractivity contribution in [2.24, 2.45) is 0 Å². The maximum atomic E-state index is 5.84. The van der Waals surface area contributed by atoms with Crippen molar-refractivity contribution >= 4 is 6.08 Å². The number of allylic oxidation sites excluding steroid dienone is 1. The van der Waals surface area contributed by atoms with Gasteiger partial charge < -0.3 is 14.2 Å². The summed E-state index contributed by atoms with van der Waals surface area (Å²) in [5.74, 6) is 1.88. The minimum absolute atomic E-state index is 0.264. The van der Waals surface area contributed by atoms with E-state index in [4.69, 9.17) is 14.2 Å². The van der Waals surface area contributed by atoms with Crippen molar-refractivity contribution < 1.29 is 14.2 Å². The lowest BCUT2D eigenvalue weighted by Crippen LogP contribution is -2.17. The molecule has 0 N–H and O–H groups in total. The zero-order chi connectivity index (χ0) is 11.7. The van der Waals surface area contributed by atoms with Gasteiger partial charge in [-0.15, -0.1) is 0 Å². The third-order valence-electron chi connectivity index (χ3n) is 3.21. The summed E-state index contributed by atoms with van der Waals surface area (Å²) in [6.07, 6.45) is 5.08. The molecule has 0 amide bonds. The van der Waals surface area contributed by atoms with Gasteiger partial charge >= 0.3 is 0 Å². The van der Waals surface area contributed by atoms with Gasteiger partial charge in [0, 0.05) is 12.0 Å². The average molecular weight is 232 g/mol. The Balaban J connectivity index is 2.03. The number of hydrogen-bond acceptors (Lipinski definition) is 3. The molecule has 0 saturated carbocycles. The van der Waals surface area contributed by atoms with Crippen LogP contribution in [0.5, 0.6) is 5.75 Å². The molecule has 0 aromatic heterocycles. The molecule has 0 spiro atoms. The van der Waals surface area contributed by atoms with Crippen LogP contribution < -0.4 is 4.74 Å². The topological polar surface area (TPSA) is 27.7 Å². The lowest BCUT2D eigenvalue weighted by atomic mass is 10.0. The molecule has 1 aromatic rings. The SMILES string of the molecule is COc1ccc2c(c1)C1OCCCCC(=C2)O1. The Morgan fingerprint density at radius 1 is 1.29 bits per heavy atom. The molecule has 2 aliphatic heterocycles. The van der Waals surface area contributed by atoms with Gasteiger partial charge in [0.2, 0.25) is 6.29 Å². The summed E-state index contributed by atoms with van der Waals surface area (Å²) < 4.78 is 16.8. The number of rotatable bonds is 1. The van der Waals surface area contributed by atoms with E-state index in [0.29, 0.717) is 0 Å². The third-order valence-corrected chi connectivity index (χ3v) is 3.21. The molecule has 17 heavy (non-hydrogen) atoms. The molecule has 0 radical (unpaired) electrons. The van der Waals surface area contributed by atoms with Crippen molar-refractivity contribution in [2.75, 3.05) is 13.7 Å². The van der Waals surface area contributed by atoms with E-state index in [0.717, 1.165) is 42.9 Å². The fourth-order valence-electron chi connectivity index (χ4n) is 2.27. The second-order valence-corrected chi connectivity index (χ2v) is 4.38. The lowest BCUT2D eigenvalue weighted by molar-refractivity contribution is -0.131. The second kappa shape index (κ2) is 4.41. The zero-order valence-electron chi connectivity index (χ0n) is 9.94. The molecule has 1 fully saturated rings. The Morgan fingerprint density at radius 2 is 2.24 bits per heavy atom. The molecule has 1 atom stereocenters. The fraction of sp³-hybridized carbons (Fsp3) is 0.429. The number of hydrogen-bond donors (Lipinski definition) is 0. The lowest BCUT2D eigenvalue weighted by Gasteiger charge is -2.29. The number of methoxy groups -OCH3 is 1. The predicted molar refractivity (Wildman–Crippen MR) is 64.6 cm³/mol. The van der Waals surface area contributed by atoms with E-state index in [9.17, 15) is 0 Å². The number of fused-ring (bicyclic) bond motifs is 4. The molecule has 90 valence electrons. The highest BCUT2D eigenvalue weighted by Crippen LogP contribution is 2.37. The van der Waals surface area contributed by atoms with Crippen LogP contribution in [0.4, 0.5) is 0 Å². The highest BCUT2D eigenvalue weighted by Gasteiger charge is 2.24. The van der Waals surface area contributed by atoms with Crippen molar-refractivity contribution in [3.63, 3.8) is 0 Å². The van der Waals surface area contributed by atoms with Crippen LogP contribution in [0.2, 0.25) is 0 Å².